The van der Waals surface area contributed by atoms with Crippen molar-refractivity contribution in [3.8, 4) is 0 Å². The molecule has 1 heterocycles. The zero-order valence-electron chi connectivity index (χ0n) is 12.3. The number of rotatable bonds is 4. The summed E-state index contributed by atoms with van der Waals surface area (Å²) >= 11 is 2.14. The highest BCUT2D eigenvalue weighted by atomic mass is 32.2. The predicted molar refractivity (Wildman–Crippen MR) is 82.3 cm³/mol. The SMILES string of the molecule is CCNC1CCC(C)CC1CN1CCSC(C)C1. The van der Waals surface area contributed by atoms with Crippen molar-refractivity contribution in [1.82, 2.24) is 10.2 Å². The van der Waals surface area contributed by atoms with Gasteiger partial charge in [0.05, 0.1) is 0 Å². The summed E-state index contributed by atoms with van der Waals surface area (Å²) in [5.74, 6) is 3.14. The van der Waals surface area contributed by atoms with Gasteiger partial charge in [-0.2, -0.15) is 11.8 Å². The number of hydrogen-bond donors (Lipinski definition) is 1. The largest absolute Gasteiger partial charge is 0.314 e. The van der Waals surface area contributed by atoms with Crippen LogP contribution in [-0.4, -0.2) is 48.1 Å². The minimum absolute atomic E-state index is 0.774. The lowest BCUT2D eigenvalue weighted by Gasteiger charge is -2.40. The molecule has 0 amide bonds. The smallest absolute Gasteiger partial charge is 0.0147 e. The molecule has 1 N–H and O–H groups in total. The van der Waals surface area contributed by atoms with Crippen molar-refractivity contribution in [1.29, 1.82) is 0 Å². The Balaban J connectivity index is 1.87. The highest BCUT2D eigenvalue weighted by Gasteiger charge is 2.30. The van der Waals surface area contributed by atoms with Crippen LogP contribution in [0.4, 0.5) is 0 Å². The zero-order valence-corrected chi connectivity index (χ0v) is 13.1. The van der Waals surface area contributed by atoms with Gasteiger partial charge in [-0.1, -0.05) is 20.8 Å². The van der Waals surface area contributed by atoms with Crippen molar-refractivity contribution in [2.24, 2.45) is 11.8 Å². The van der Waals surface area contributed by atoms with Crippen LogP contribution in [0.2, 0.25) is 0 Å². The van der Waals surface area contributed by atoms with Crippen LogP contribution in [0.1, 0.15) is 40.0 Å². The molecular weight excluding hydrogens is 240 g/mol. The van der Waals surface area contributed by atoms with Gasteiger partial charge in [-0.15, -0.1) is 0 Å². The summed E-state index contributed by atoms with van der Waals surface area (Å²) in [5, 5.41) is 4.55. The van der Waals surface area contributed by atoms with Gasteiger partial charge >= 0.3 is 0 Å². The minimum atomic E-state index is 0.774. The number of hydrogen-bond acceptors (Lipinski definition) is 3. The Kier molecular flexibility index (Phi) is 5.84. The third-order valence-electron chi connectivity index (χ3n) is 4.53. The van der Waals surface area contributed by atoms with Crippen molar-refractivity contribution >= 4 is 11.8 Å². The maximum Gasteiger partial charge on any atom is 0.0147 e. The van der Waals surface area contributed by atoms with Gasteiger partial charge in [0.15, 0.2) is 0 Å². The van der Waals surface area contributed by atoms with Crippen molar-refractivity contribution in [2.45, 2.75) is 51.3 Å². The van der Waals surface area contributed by atoms with Crippen LogP contribution in [0, 0.1) is 11.8 Å². The molecule has 2 rings (SSSR count). The molecule has 0 radical (unpaired) electrons. The summed E-state index contributed by atoms with van der Waals surface area (Å²) in [4.78, 5) is 2.72. The molecule has 0 aromatic heterocycles. The van der Waals surface area contributed by atoms with E-state index in [9.17, 15) is 0 Å². The Bertz CT molecular complexity index is 247. The van der Waals surface area contributed by atoms with E-state index in [1.165, 1.54) is 44.6 Å². The average Bonchev–Trinajstić information content (AvgIpc) is 2.33. The molecular formula is C15H30N2S. The summed E-state index contributed by atoms with van der Waals surface area (Å²) in [6, 6.07) is 0.774. The van der Waals surface area contributed by atoms with Gasteiger partial charge in [-0.3, -0.25) is 0 Å². The first kappa shape index (κ1) is 14.7. The normalized spacial score (nSPS) is 38.8. The molecule has 2 fully saturated rings. The Labute approximate surface area is 117 Å². The van der Waals surface area contributed by atoms with Gasteiger partial charge in [-0.25, -0.2) is 0 Å². The van der Waals surface area contributed by atoms with Crippen LogP contribution in [0.25, 0.3) is 0 Å². The highest BCUT2D eigenvalue weighted by molar-refractivity contribution is 7.99. The van der Waals surface area contributed by atoms with E-state index in [-0.39, 0.29) is 0 Å². The lowest BCUT2D eigenvalue weighted by atomic mass is 9.78. The molecule has 4 atom stereocenters. The summed E-state index contributed by atoms with van der Waals surface area (Å²) in [7, 11) is 0. The van der Waals surface area contributed by atoms with Crippen molar-refractivity contribution in [2.75, 3.05) is 31.9 Å². The van der Waals surface area contributed by atoms with E-state index in [1.807, 2.05) is 0 Å². The molecule has 1 aliphatic heterocycles. The van der Waals surface area contributed by atoms with Crippen LogP contribution in [0.15, 0.2) is 0 Å². The standard InChI is InChI=1S/C15H30N2S/c1-4-16-15-6-5-12(2)9-14(15)11-17-7-8-18-13(3)10-17/h12-16H,4-11H2,1-3H3. The number of nitrogens with zero attached hydrogens (tertiary/aromatic N) is 1. The molecule has 1 saturated heterocycles. The van der Waals surface area contributed by atoms with E-state index in [0.717, 1.165) is 29.7 Å². The van der Waals surface area contributed by atoms with Gasteiger partial charge in [0.25, 0.3) is 0 Å². The van der Waals surface area contributed by atoms with Crippen LogP contribution in [0.3, 0.4) is 0 Å². The molecule has 1 aliphatic carbocycles. The molecule has 106 valence electrons. The highest BCUT2D eigenvalue weighted by Crippen LogP contribution is 2.30. The lowest BCUT2D eigenvalue weighted by Crippen LogP contribution is -2.48. The van der Waals surface area contributed by atoms with Crippen molar-refractivity contribution in [3.63, 3.8) is 0 Å². The Morgan fingerprint density at radius 3 is 2.83 bits per heavy atom. The quantitative estimate of drug-likeness (QED) is 0.846. The minimum Gasteiger partial charge on any atom is -0.314 e. The molecule has 18 heavy (non-hydrogen) atoms. The molecule has 0 bridgehead atoms. The Morgan fingerprint density at radius 1 is 1.28 bits per heavy atom. The first-order valence-corrected chi connectivity index (χ1v) is 8.81. The van der Waals surface area contributed by atoms with Crippen LogP contribution in [0.5, 0.6) is 0 Å². The monoisotopic (exact) mass is 270 g/mol. The molecule has 2 aliphatic rings. The Hall–Kier alpha value is 0.270. The molecule has 0 aromatic carbocycles. The second kappa shape index (κ2) is 7.16. The lowest BCUT2D eigenvalue weighted by molar-refractivity contribution is 0.148. The maximum absolute atomic E-state index is 3.72. The Morgan fingerprint density at radius 2 is 2.11 bits per heavy atom. The van der Waals surface area contributed by atoms with Gasteiger partial charge in [0, 0.05) is 36.7 Å². The van der Waals surface area contributed by atoms with Crippen molar-refractivity contribution in [3.05, 3.63) is 0 Å². The van der Waals surface area contributed by atoms with E-state index in [0.29, 0.717) is 0 Å². The molecule has 1 saturated carbocycles. The fourth-order valence-corrected chi connectivity index (χ4v) is 4.70. The van der Waals surface area contributed by atoms with Crippen LogP contribution < -0.4 is 5.32 Å². The van der Waals surface area contributed by atoms with Gasteiger partial charge in [-0.05, 0) is 37.6 Å². The molecule has 2 nitrogen and oxygen atoms in total. The van der Waals surface area contributed by atoms with E-state index in [4.69, 9.17) is 0 Å². The van der Waals surface area contributed by atoms with E-state index in [2.05, 4.69) is 42.7 Å². The third kappa shape index (κ3) is 4.14. The van der Waals surface area contributed by atoms with E-state index in [1.54, 1.807) is 0 Å². The first-order valence-electron chi connectivity index (χ1n) is 7.76. The van der Waals surface area contributed by atoms with E-state index >= 15 is 0 Å². The van der Waals surface area contributed by atoms with Crippen molar-refractivity contribution < 1.29 is 0 Å². The second-order valence-corrected chi connectivity index (χ2v) is 7.83. The zero-order chi connectivity index (χ0) is 13.0. The van der Waals surface area contributed by atoms with Crippen LogP contribution in [-0.2, 0) is 0 Å². The average molecular weight is 270 g/mol. The first-order chi connectivity index (χ1) is 8.69. The summed E-state index contributed by atoms with van der Waals surface area (Å²) in [6.45, 7) is 12.1. The third-order valence-corrected chi connectivity index (χ3v) is 5.67. The molecule has 4 unspecified atom stereocenters. The maximum atomic E-state index is 3.72. The van der Waals surface area contributed by atoms with Gasteiger partial charge < -0.3 is 10.2 Å². The van der Waals surface area contributed by atoms with Gasteiger partial charge in [0.2, 0.25) is 0 Å². The number of nitrogens with one attached hydrogen (secondary N) is 1. The topological polar surface area (TPSA) is 15.3 Å². The fourth-order valence-electron chi connectivity index (χ4n) is 3.62. The molecule has 3 heteroatoms. The summed E-state index contributed by atoms with van der Waals surface area (Å²) in [6.07, 6.45) is 4.23. The fraction of sp³-hybridized carbons (Fsp3) is 1.00. The summed E-state index contributed by atoms with van der Waals surface area (Å²) < 4.78 is 0. The second-order valence-electron chi connectivity index (χ2n) is 6.28. The van der Waals surface area contributed by atoms with E-state index < -0.39 is 0 Å². The predicted octanol–water partition coefficient (Wildman–Crippen LogP) is 2.84. The molecule has 0 aromatic rings. The molecule has 0 spiro atoms. The van der Waals surface area contributed by atoms with Gasteiger partial charge in [0.1, 0.15) is 0 Å². The number of thioether (sulfide) groups is 1. The summed E-state index contributed by atoms with van der Waals surface area (Å²) in [5.41, 5.74) is 0. The van der Waals surface area contributed by atoms with Crippen LogP contribution >= 0.6 is 11.8 Å².